The molecular formula is C13H18ClNO2. The van der Waals surface area contributed by atoms with E-state index in [1.807, 2.05) is 20.8 Å². The van der Waals surface area contributed by atoms with Gasteiger partial charge in [0.05, 0.1) is 5.92 Å². The van der Waals surface area contributed by atoms with Gasteiger partial charge in [-0.1, -0.05) is 32.4 Å². The molecule has 0 fully saturated rings. The average Bonchev–Trinajstić information content (AvgIpc) is 2.22. The van der Waals surface area contributed by atoms with Crippen LogP contribution in [0.5, 0.6) is 0 Å². The second kappa shape index (κ2) is 5.41. The molecule has 0 saturated carbocycles. The van der Waals surface area contributed by atoms with Gasteiger partial charge in [-0.2, -0.15) is 0 Å². The molecule has 0 aliphatic carbocycles. The van der Waals surface area contributed by atoms with Crippen molar-refractivity contribution in [3.8, 4) is 0 Å². The Bertz CT molecular complexity index is 418. The summed E-state index contributed by atoms with van der Waals surface area (Å²) in [5.41, 5.74) is 6.93. The second-order valence-corrected chi connectivity index (χ2v) is 5.13. The van der Waals surface area contributed by atoms with Crippen LogP contribution in [-0.4, -0.2) is 11.1 Å². The van der Waals surface area contributed by atoms with Crippen LogP contribution in [-0.2, 0) is 4.79 Å². The highest BCUT2D eigenvalue weighted by Crippen LogP contribution is 2.34. The number of hydrogen-bond donors (Lipinski definition) is 2. The molecule has 2 atom stereocenters. The summed E-state index contributed by atoms with van der Waals surface area (Å²) < 4.78 is 0. The van der Waals surface area contributed by atoms with Crippen molar-refractivity contribution in [2.24, 2.45) is 11.8 Å². The van der Waals surface area contributed by atoms with Gasteiger partial charge >= 0.3 is 5.97 Å². The van der Waals surface area contributed by atoms with E-state index in [4.69, 9.17) is 17.3 Å². The maximum atomic E-state index is 11.4. The minimum atomic E-state index is -0.861. The van der Waals surface area contributed by atoms with Crippen molar-refractivity contribution in [3.63, 3.8) is 0 Å². The number of aliphatic carboxylic acids is 1. The summed E-state index contributed by atoms with van der Waals surface area (Å²) in [7, 11) is 0. The van der Waals surface area contributed by atoms with Crippen LogP contribution >= 0.6 is 11.6 Å². The van der Waals surface area contributed by atoms with Gasteiger partial charge in [-0.3, -0.25) is 4.79 Å². The monoisotopic (exact) mass is 255 g/mol. The van der Waals surface area contributed by atoms with Crippen LogP contribution in [0.1, 0.15) is 32.3 Å². The summed E-state index contributed by atoms with van der Waals surface area (Å²) in [6.45, 7) is 5.92. The standard InChI is InChI=1S/C13H18ClNO2/c1-7(2)8(3)12(13(16)17)10-6-9(14)4-5-11(10)15/h4-8,12H,15H2,1-3H3,(H,16,17). The molecule has 1 aromatic carbocycles. The second-order valence-electron chi connectivity index (χ2n) is 4.69. The predicted molar refractivity (Wildman–Crippen MR) is 70.2 cm³/mol. The molecule has 94 valence electrons. The van der Waals surface area contributed by atoms with E-state index in [1.165, 1.54) is 0 Å². The highest BCUT2D eigenvalue weighted by Gasteiger charge is 2.30. The number of carboxylic acids is 1. The fraction of sp³-hybridized carbons (Fsp3) is 0.462. The summed E-state index contributed by atoms with van der Waals surface area (Å²) >= 11 is 5.90. The van der Waals surface area contributed by atoms with E-state index in [0.717, 1.165) is 0 Å². The van der Waals surface area contributed by atoms with Crippen LogP contribution in [0.25, 0.3) is 0 Å². The number of carbonyl (C=O) groups is 1. The molecule has 0 radical (unpaired) electrons. The molecule has 0 aliphatic rings. The van der Waals surface area contributed by atoms with Gasteiger partial charge in [-0.25, -0.2) is 0 Å². The maximum absolute atomic E-state index is 11.4. The van der Waals surface area contributed by atoms with Crippen LogP contribution in [0.3, 0.4) is 0 Å². The minimum absolute atomic E-state index is 0.00623. The molecule has 2 unspecified atom stereocenters. The van der Waals surface area contributed by atoms with Gasteiger partial charge < -0.3 is 10.8 Å². The van der Waals surface area contributed by atoms with Gasteiger partial charge in [-0.15, -0.1) is 0 Å². The van der Waals surface area contributed by atoms with Crippen molar-refractivity contribution in [2.75, 3.05) is 5.73 Å². The van der Waals surface area contributed by atoms with Gasteiger partial charge in [0.15, 0.2) is 0 Å². The first-order chi connectivity index (χ1) is 7.84. The molecular weight excluding hydrogens is 238 g/mol. The summed E-state index contributed by atoms with van der Waals surface area (Å²) in [4.78, 5) is 11.4. The third-order valence-corrected chi connectivity index (χ3v) is 3.46. The Hall–Kier alpha value is -1.22. The van der Waals surface area contributed by atoms with E-state index < -0.39 is 11.9 Å². The lowest BCUT2D eigenvalue weighted by Gasteiger charge is -2.25. The molecule has 0 bridgehead atoms. The smallest absolute Gasteiger partial charge is 0.311 e. The normalized spacial score (nSPS) is 14.6. The predicted octanol–water partition coefficient (Wildman–Crippen LogP) is 3.38. The Morgan fingerprint density at radius 2 is 1.94 bits per heavy atom. The zero-order valence-corrected chi connectivity index (χ0v) is 11.0. The summed E-state index contributed by atoms with van der Waals surface area (Å²) in [5, 5.41) is 9.87. The Labute approximate surface area is 107 Å². The topological polar surface area (TPSA) is 63.3 Å². The van der Waals surface area contributed by atoms with Crippen molar-refractivity contribution in [2.45, 2.75) is 26.7 Å². The van der Waals surface area contributed by atoms with Crippen LogP contribution in [0, 0.1) is 11.8 Å². The first-order valence-corrected chi connectivity index (χ1v) is 6.00. The lowest BCUT2D eigenvalue weighted by molar-refractivity contribution is -0.140. The van der Waals surface area contributed by atoms with Crippen LogP contribution in [0.15, 0.2) is 18.2 Å². The first-order valence-electron chi connectivity index (χ1n) is 5.62. The zero-order chi connectivity index (χ0) is 13.2. The average molecular weight is 256 g/mol. The molecule has 0 spiro atoms. The molecule has 17 heavy (non-hydrogen) atoms. The van der Waals surface area contributed by atoms with Crippen molar-refractivity contribution in [3.05, 3.63) is 28.8 Å². The molecule has 3 N–H and O–H groups in total. The van der Waals surface area contributed by atoms with Gasteiger partial charge in [0.2, 0.25) is 0 Å². The first kappa shape index (κ1) is 13.8. The highest BCUT2D eigenvalue weighted by molar-refractivity contribution is 6.30. The number of halogens is 1. The Morgan fingerprint density at radius 3 is 2.41 bits per heavy atom. The van der Waals surface area contributed by atoms with Gasteiger partial charge in [0.25, 0.3) is 0 Å². The maximum Gasteiger partial charge on any atom is 0.311 e. The molecule has 1 aromatic rings. The lowest BCUT2D eigenvalue weighted by atomic mass is 9.80. The SMILES string of the molecule is CC(C)C(C)C(C(=O)O)c1cc(Cl)ccc1N. The van der Waals surface area contributed by atoms with Crippen LogP contribution in [0.2, 0.25) is 5.02 Å². The van der Waals surface area contributed by atoms with Crippen molar-refractivity contribution in [1.82, 2.24) is 0 Å². The number of rotatable bonds is 4. The number of carboxylic acid groups (broad SMARTS) is 1. The van der Waals surface area contributed by atoms with E-state index >= 15 is 0 Å². The van der Waals surface area contributed by atoms with E-state index in [9.17, 15) is 9.90 Å². The van der Waals surface area contributed by atoms with E-state index in [1.54, 1.807) is 18.2 Å². The molecule has 0 aromatic heterocycles. The number of nitrogens with two attached hydrogens (primary N) is 1. The van der Waals surface area contributed by atoms with Crippen LogP contribution in [0.4, 0.5) is 5.69 Å². The fourth-order valence-corrected chi connectivity index (χ4v) is 2.02. The molecule has 0 aliphatic heterocycles. The molecule has 0 saturated heterocycles. The Morgan fingerprint density at radius 1 is 1.35 bits per heavy atom. The van der Waals surface area contributed by atoms with Crippen molar-refractivity contribution in [1.29, 1.82) is 0 Å². The molecule has 0 heterocycles. The van der Waals surface area contributed by atoms with E-state index in [-0.39, 0.29) is 11.8 Å². The Kier molecular flexibility index (Phi) is 4.40. The van der Waals surface area contributed by atoms with Gasteiger partial charge in [-0.05, 0) is 35.6 Å². The minimum Gasteiger partial charge on any atom is -0.481 e. The van der Waals surface area contributed by atoms with Crippen molar-refractivity contribution >= 4 is 23.3 Å². The summed E-state index contributed by atoms with van der Waals surface area (Å²) in [5.74, 6) is -1.23. The highest BCUT2D eigenvalue weighted by atomic mass is 35.5. The molecule has 3 nitrogen and oxygen atoms in total. The number of hydrogen-bond acceptors (Lipinski definition) is 2. The third kappa shape index (κ3) is 3.13. The number of benzene rings is 1. The number of anilines is 1. The molecule has 4 heteroatoms. The lowest BCUT2D eigenvalue weighted by Crippen LogP contribution is -2.24. The zero-order valence-electron chi connectivity index (χ0n) is 10.3. The largest absolute Gasteiger partial charge is 0.481 e. The summed E-state index contributed by atoms with van der Waals surface area (Å²) in [6, 6.07) is 4.97. The molecule has 0 amide bonds. The fourth-order valence-electron chi connectivity index (χ4n) is 1.84. The van der Waals surface area contributed by atoms with Crippen molar-refractivity contribution < 1.29 is 9.90 Å². The third-order valence-electron chi connectivity index (χ3n) is 3.23. The van der Waals surface area contributed by atoms with Gasteiger partial charge in [0.1, 0.15) is 0 Å². The molecule has 1 rings (SSSR count). The van der Waals surface area contributed by atoms with E-state index in [0.29, 0.717) is 16.3 Å². The quantitative estimate of drug-likeness (QED) is 0.811. The summed E-state index contributed by atoms with van der Waals surface area (Å²) in [6.07, 6.45) is 0. The van der Waals surface area contributed by atoms with Crippen LogP contribution < -0.4 is 5.73 Å². The van der Waals surface area contributed by atoms with Gasteiger partial charge in [0, 0.05) is 10.7 Å². The van der Waals surface area contributed by atoms with E-state index in [2.05, 4.69) is 0 Å². The number of nitrogen functional groups attached to an aromatic ring is 1. The Balaban J connectivity index is 3.23.